The van der Waals surface area contributed by atoms with Crippen LogP contribution in [0.15, 0.2) is 12.2 Å². The molecule has 0 aromatic heterocycles. The normalized spacial score (nSPS) is 13.3. The van der Waals surface area contributed by atoms with E-state index in [0.29, 0.717) is 6.61 Å². The lowest BCUT2D eigenvalue weighted by molar-refractivity contribution is -0.0985. The van der Waals surface area contributed by atoms with Gasteiger partial charge in [0.2, 0.25) is 0 Å². The third-order valence-electron chi connectivity index (χ3n) is 2.39. The van der Waals surface area contributed by atoms with Crippen molar-refractivity contribution in [2.24, 2.45) is 0 Å². The first-order valence-corrected chi connectivity index (χ1v) is 5.07. The third-order valence-corrected chi connectivity index (χ3v) is 2.39. The number of hydrogen-bond donors (Lipinski definition) is 2. The maximum atomic E-state index is 9.77. The molecule has 15 heavy (non-hydrogen) atoms. The molecule has 2 N–H and O–H groups in total. The maximum Gasteiger partial charge on any atom is 0.487 e. The molecule has 0 radical (unpaired) electrons. The lowest BCUT2D eigenvalue weighted by atomic mass is 9.83. The molecule has 0 atom stereocenters. The van der Waals surface area contributed by atoms with Crippen molar-refractivity contribution in [1.29, 1.82) is 0 Å². The van der Waals surface area contributed by atoms with Crippen LogP contribution in [0.1, 0.15) is 34.6 Å². The van der Waals surface area contributed by atoms with Gasteiger partial charge < -0.3 is 19.5 Å². The second kappa shape index (κ2) is 5.54. The van der Waals surface area contributed by atoms with Crippen molar-refractivity contribution in [3.05, 3.63) is 12.2 Å². The van der Waals surface area contributed by atoms with E-state index in [9.17, 15) is 10.1 Å². The first-order chi connectivity index (χ1) is 6.70. The molecule has 5 heteroatoms. The second-order valence-corrected chi connectivity index (χ2v) is 4.36. The van der Waals surface area contributed by atoms with Crippen molar-refractivity contribution in [1.82, 2.24) is 0 Å². The molecule has 0 amide bonds. The van der Waals surface area contributed by atoms with Gasteiger partial charge in [-0.2, -0.15) is 0 Å². The minimum absolute atomic E-state index is 0.540. The Morgan fingerprint density at radius 3 is 2.20 bits per heavy atom. The molecule has 88 valence electrons. The van der Waals surface area contributed by atoms with Crippen LogP contribution >= 0.6 is 0 Å². The van der Waals surface area contributed by atoms with Gasteiger partial charge >= 0.3 is 7.12 Å². The van der Waals surface area contributed by atoms with E-state index in [4.69, 9.17) is 9.39 Å². The topological polar surface area (TPSA) is 58.9 Å². The minimum atomic E-state index is -1.09. The van der Waals surface area contributed by atoms with Crippen molar-refractivity contribution < 1.29 is 19.5 Å². The monoisotopic (exact) mass is 216 g/mol. The highest BCUT2D eigenvalue weighted by atomic mass is 16.5. The number of ether oxygens (including phenoxy) is 1. The van der Waals surface area contributed by atoms with Crippen LogP contribution in [0.4, 0.5) is 0 Å². The van der Waals surface area contributed by atoms with Gasteiger partial charge in [0.15, 0.2) is 0 Å². The van der Waals surface area contributed by atoms with Crippen molar-refractivity contribution in [3.63, 3.8) is 0 Å². The first-order valence-electron chi connectivity index (χ1n) is 5.07. The summed E-state index contributed by atoms with van der Waals surface area (Å²) in [6.45, 7) is 9.07. The van der Waals surface area contributed by atoms with Crippen LogP contribution in [0.25, 0.3) is 0 Å². The fraction of sp³-hybridized carbons (Fsp3) is 0.800. The summed E-state index contributed by atoms with van der Waals surface area (Å²) in [6.07, 6.45) is 1.38. The summed E-state index contributed by atoms with van der Waals surface area (Å²) in [4.78, 5) is 0. The predicted octanol–water partition coefficient (Wildman–Crippen LogP) is 1.12. The molecule has 0 unspecified atom stereocenters. The van der Waals surface area contributed by atoms with Gasteiger partial charge in [0.25, 0.3) is 0 Å². The molecule has 4 nitrogen and oxygen atoms in total. The van der Waals surface area contributed by atoms with E-state index in [0.717, 1.165) is 0 Å². The predicted molar refractivity (Wildman–Crippen MR) is 60.2 cm³/mol. The summed E-state index contributed by atoms with van der Waals surface area (Å²) >= 11 is 0. The van der Waals surface area contributed by atoms with Crippen LogP contribution < -0.4 is 0 Å². The lowest BCUT2D eigenvalue weighted by Crippen LogP contribution is -2.50. The van der Waals surface area contributed by atoms with E-state index in [1.54, 1.807) is 27.7 Å². The molecule has 0 aromatic rings. The van der Waals surface area contributed by atoms with Gasteiger partial charge in [0.05, 0.1) is 24.1 Å². The second-order valence-electron chi connectivity index (χ2n) is 4.36. The van der Waals surface area contributed by atoms with E-state index in [2.05, 4.69) is 0 Å². The smallest absolute Gasteiger partial charge is 0.487 e. The summed E-state index contributed by atoms with van der Waals surface area (Å²) in [6, 6.07) is 0. The number of rotatable bonds is 6. The minimum Gasteiger partial charge on any atom is -0.502 e. The maximum absolute atomic E-state index is 9.77. The Kier molecular flexibility index (Phi) is 5.35. The average molecular weight is 216 g/mol. The molecule has 0 rings (SSSR count). The van der Waals surface area contributed by atoms with Gasteiger partial charge in [-0.3, -0.25) is 0 Å². The molecule has 0 saturated carbocycles. The standard InChI is InChI=1S/C10H21BO4/c1-6-14-8-7-11(13)15-10(4,5)9(2,3)12/h7-8,12-13H,6H2,1-5H3/b8-7-. The van der Waals surface area contributed by atoms with Crippen LogP contribution in [-0.4, -0.2) is 35.1 Å². The Balaban J connectivity index is 4.22. The quantitative estimate of drug-likeness (QED) is 0.516. The van der Waals surface area contributed by atoms with Gasteiger partial charge in [-0.25, -0.2) is 0 Å². The summed E-state index contributed by atoms with van der Waals surface area (Å²) in [7, 11) is -1.09. The van der Waals surface area contributed by atoms with Crippen molar-refractivity contribution in [2.45, 2.75) is 45.8 Å². The molecule has 0 fully saturated rings. The molecular formula is C10H21BO4. The van der Waals surface area contributed by atoms with Gasteiger partial charge in [-0.15, -0.1) is 0 Å². The summed E-state index contributed by atoms with van der Waals surface area (Å²) in [5, 5.41) is 19.2. The van der Waals surface area contributed by atoms with Crippen LogP contribution in [0.2, 0.25) is 0 Å². The van der Waals surface area contributed by atoms with E-state index >= 15 is 0 Å². The van der Waals surface area contributed by atoms with E-state index in [1.165, 1.54) is 12.2 Å². The number of aliphatic hydroxyl groups is 1. The van der Waals surface area contributed by atoms with Gasteiger partial charge in [-0.05, 0) is 40.6 Å². The zero-order valence-corrected chi connectivity index (χ0v) is 10.2. The van der Waals surface area contributed by atoms with Gasteiger partial charge in [-0.1, -0.05) is 0 Å². The zero-order chi connectivity index (χ0) is 12.1. The summed E-state index contributed by atoms with van der Waals surface area (Å²) < 4.78 is 10.2. The average Bonchev–Trinajstić information content (AvgIpc) is 2.01. The van der Waals surface area contributed by atoms with Crippen LogP contribution in [-0.2, 0) is 9.39 Å². The summed E-state index contributed by atoms with van der Waals surface area (Å²) in [5.74, 6) is 1.39. The lowest BCUT2D eigenvalue weighted by Gasteiger charge is -2.37. The van der Waals surface area contributed by atoms with E-state index < -0.39 is 18.3 Å². The van der Waals surface area contributed by atoms with Gasteiger partial charge in [0, 0.05) is 0 Å². The highest BCUT2D eigenvalue weighted by Gasteiger charge is 2.38. The molecule has 0 aliphatic heterocycles. The van der Waals surface area contributed by atoms with Crippen LogP contribution in [0.5, 0.6) is 0 Å². The molecule has 0 aliphatic carbocycles. The molecule has 0 aromatic carbocycles. The molecular weight excluding hydrogens is 195 g/mol. The van der Waals surface area contributed by atoms with Crippen molar-refractivity contribution in [3.8, 4) is 0 Å². The van der Waals surface area contributed by atoms with Crippen LogP contribution in [0, 0.1) is 0 Å². The molecule has 0 spiro atoms. The van der Waals surface area contributed by atoms with Crippen molar-refractivity contribution >= 4 is 7.12 Å². The van der Waals surface area contributed by atoms with Crippen LogP contribution in [0.3, 0.4) is 0 Å². The first kappa shape index (κ1) is 14.5. The van der Waals surface area contributed by atoms with E-state index in [1.807, 2.05) is 6.92 Å². The molecule has 0 bridgehead atoms. The Morgan fingerprint density at radius 2 is 1.80 bits per heavy atom. The van der Waals surface area contributed by atoms with E-state index in [-0.39, 0.29) is 0 Å². The Bertz CT molecular complexity index is 208. The summed E-state index contributed by atoms with van der Waals surface area (Å²) in [5.41, 5.74) is -1.88. The van der Waals surface area contributed by atoms with Crippen molar-refractivity contribution in [2.75, 3.05) is 6.61 Å². The Labute approximate surface area is 92.0 Å². The molecule has 0 saturated heterocycles. The Hall–Kier alpha value is -0.515. The SMILES string of the molecule is CCO/C=C\B(O)OC(C)(C)C(C)(C)O. The highest BCUT2D eigenvalue weighted by molar-refractivity contribution is 6.49. The third kappa shape index (κ3) is 5.21. The number of hydrogen-bond acceptors (Lipinski definition) is 4. The zero-order valence-electron chi connectivity index (χ0n) is 10.2. The highest BCUT2D eigenvalue weighted by Crippen LogP contribution is 2.25. The fourth-order valence-electron chi connectivity index (χ4n) is 0.704. The molecule has 0 aliphatic rings. The fourth-order valence-corrected chi connectivity index (χ4v) is 0.704. The largest absolute Gasteiger partial charge is 0.502 e. The Morgan fingerprint density at radius 1 is 1.27 bits per heavy atom. The van der Waals surface area contributed by atoms with Gasteiger partial charge in [0.1, 0.15) is 0 Å². The molecule has 0 heterocycles.